The Hall–Kier alpha value is -1.77. The zero-order valence-electron chi connectivity index (χ0n) is 14.0. The molecule has 124 valence electrons. The molecule has 1 heterocycles. The number of hydrogen-bond donors (Lipinski definition) is 0. The maximum atomic E-state index is 12.4. The number of carbonyl (C=O) groups excluding carboxylic acids is 2. The summed E-state index contributed by atoms with van der Waals surface area (Å²) in [4.78, 5) is 27.6. The highest BCUT2D eigenvalue weighted by Crippen LogP contribution is 2.21. The molecule has 0 aromatic heterocycles. The number of hydrogen-bond acceptors (Lipinski definition) is 4. The standard InChI is InChI=1S/C16H27N3O3/c1-12(2)11-22-16(21)19-9-6-14(7-10-19)15(20)18(4)13(3)5-8-17/h12-14H,5-7,9-11H2,1-4H3/t13-/m0/s1. The molecule has 0 N–H and O–H groups in total. The smallest absolute Gasteiger partial charge is 0.409 e. The molecule has 0 unspecified atom stereocenters. The van der Waals surface area contributed by atoms with Crippen LogP contribution in [0.3, 0.4) is 0 Å². The number of carbonyl (C=O) groups is 2. The maximum Gasteiger partial charge on any atom is 0.409 e. The molecule has 0 radical (unpaired) electrons. The largest absolute Gasteiger partial charge is 0.449 e. The minimum Gasteiger partial charge on any atom is -0.449 e. The fourth-order valence-corrected chi connectivity index (χ4v) is 2.41. The van der Waals surface area contributed by atoms with Crippen molar-refractivity contribution in [3.05, 3.63) is 0 Å². The van der Waals surface area contributed by atoms with Gasteiger partial charge in [-0.3, -0.25) is 4.79 Å². The van der Waals surface area contributed by atoms with Crippen LogP contribution in [0.1, 0.15) is 40.0 Å². The molecule has 1 atom stereocenters. The molecule has 0 aliphatic carbocycles. The Morgan fingerprint density at radius 3 is 2.41 bits per heavy atom. The van der Waals surface area contributed by atoms with E-state index in [1.165, 1.54) is 0 Å². The van der Waals surface area contributed by atoms with Crippen LogP contribution in [-0.2, 0) is 9.53 Å². The molecule has 22 heavy (non-hydrogen) atoms. The van der Waals surface area contributed by atoms with Crippen LogP contribution in [0.5, 0.6) is 0 Å². The predicted octanol–water partition coefficient (Wildman–Crippen LogP) is 2.25. The molecule has 0 spiro atoms. The lowest BCUT2D eigenvalue weighted by Crippen LogP contribution is -2.45. The fourth-order valence-electron chi connectivity index (χ4n) is 2.41. The lowest BCUT2D eigenvalue weighted by molar-refractivity contribution is -0.137. The van der Waals surface area contributed by atoms with E-state index in [1.807, 2.05) is 20.8 Å². The van der Waals surface area contributed by atoms with Crippen molar-refractivity contribution in [3.63, 3.8) is 0 Å². The van der Waals surface area contributed by atoms with Gasteiger partial charge in [0.1, 0.15) is 0 Å². The summed E-state index contributed by atoms with van der Waals surface area (Å²) in [6.45, 7) is 7.39. The van der Waals surface area contributed by atoms with E-state index >= 15 is 0 Å². The summed E-state index contributed by atoms with van der Waals surface area (Å²) >= 11 is 0. The van der Waals surface area contributed by atoms with E-state index in [-0.39, 0.29) is 24.0 Å². The number of amides is 2. The molecular formula is C16H27N3O3. The number of nitriles is 1. The van der Waals surface area contributed by atoms with Gasteiger partial charge in [0, 0.05) is 32.1 Å². The van der Waals surface area contributed by atoms with Crippen molar-refractivity contribution in [2.75, 3.05) is 26.7 Å². The van der Waals surface area contributed by atoms with Gasteiger partial charge in [-0.1, -0.05) is 13.8 Å². The van der Waals surface area contributed by atoms with E-state index in [4.69, 9.17) is 10.00 Å². The molecule has 0 saturated carbocycles. The zero-order valence-corrected chi connectivity index (χ0v) is 14.0. The van der Waals surface area contributed by atoms with Gasteiger partial charge in [-0.2, -0.15) is 5.26 Å². The molecule has 1 aliphatic rings. The molecule has 1 rings (SSSR count). The quantitative estimate of drug-likeness (QED) is 0.780. The third kappa shape index (κ3) is 5.21. The van der Waals surface area contributed by atoms with E-state index in [1.54, 1.807) is 16.8 Å². The van der Waals surface area contributed by atoms with E-state index in [9.17, 15) is 9.59 Å². The summed E-state index contributed by atoms with van der Waals surface area (Å²) in [7, 11) is 1.74. The Morgan fingerprint density at radius 1 is 1.32 bits per heavy atom. The second-order valence-corrected chi connectivity index (χ2v) is 6.39. The van der Waals surface area contributed by atoms with Crippen molar-refractivity contribution in [3.8, 4) is 6.07 Å². The van der Waals surface area contributed by atoms with Crippen LogP contribution in [0.25, 0.3) is 0 Å². The third-order valence-corrected chi connectivity index (χ3v) is 4.04. The van der Waals surface area contributed by atoms with Crippen LogP contribution < -0.4 is 0 Å². The van der Waals surface area contributed by atoms with Crippen molar-refractivity contribution in [2.45, 2.75) is 46.1 Å². The molecular weight excluding hydrogens is 282 g/mol. The van der Waals surface area contributed by atoms with Crippen LogP contribution in [0, 0.1) is 23.2 Å². The Morgan fingerprint density at radius 2 is 1.91 bits per heavy atom. The molecule has 1 fully saturated rings. The second kappa shape index (κ2) is 8.62. The summed E-state index contributed by atoms with van der Waals surface area (Å²) in [6.07, 6.45) is 1.35. The zero-order chi connectivity index (χ0) is 16.7. The van der Waals surface area contributed by atoms with Gasteiger partial charge in [-0.25, -0.2) is 4.79 Å². The first-order valence-electron chi connectivity index (χ1n) is 7.92. The number of nitrogens with zero attached hydrogens (tertiary/aromatic N) is 3. The first-order chi connectivity index (χ1) is 10.4. The Labute approximate surface area is 133 Å². The molecule has 6 heteroatoms. The number of piperidine rings is 1. The summed E-state index contributed by atoms with van der Waals surface area (Å²) < 4.78 is 5.21. The van der Waals surface area contributed by atoms with E-state index < -0.39 is 0 Å². The molecule has 1 saturated heterocycles. The van der Waals surface area contributed by atoms with Gasteiger partial charge in [0.2, 0.25) is 5.91 Å². The molecule has 6 nitrogen and oxygen atoms in total. The lowest BCUT2D eigenvalue weighted by atomic mass is 9.95. The van der Waals surface area contributed by atoms with Crippen molar-refractivity contribution in [1.29, 1.82) is 5.26 Å². The highest BCUT2D eigenvalue weighted by atomic mass is 16.6. The van der Waals surface area contributed by atoms with Gasteiger partial charge in [-0.15, -0.1) is 0 Å². The van der Waals surface area contributed by atoms with E-state index in [0.717, 1.165) is 0 Å². The molecule has 1 aliphatic heterocycles. The van der Waals surface area contributed by atoms with Crippen LogP contribution in [0.4, 0.5) is 4.79 Å². The van der Waals surface area contributed by atoms with E-state index in [2.05, 4.69) is 6.07 Å². The van der Waals surface area contributed by atoms with Gasteiger partial charge in [-0.05, 0) is 25.7 Å². The molecule has 2 amide bonds. The predicted molar refractivity (Wildman–Crippen MR) is 82.9 cm³/mol. The number of ether oxygens (including phenoxy) is 1. The Balaban J connectivity index is 2.43. The normalized spacial score (nSPS) is 17.0. The highest BCUT2D eigenvalue weighted by molar-refractivity contribution is 5.79. The van der Waals surface area contributed by atoms with Gasteiger partial charge >= 0.3 is 6.09 Å². The van der Waals surface area contributed by atoms with Gasteiger partial charge in [0.05, 0.1) is 19.1 Å². The van der Waals surface area contributed by atoms with Crippen molar-refractivity contribution in [1.82, 2.24) is 9.80 Å². The third-order valence-electron chi connectivity index (χ3n) is 4.04. The first kappa shape index (κ1) is 18.3. The molecule has 0 bridgehead atoms. The summed E-state index contributed by atoms with van der Waals surface area (Å²) in [5, 5.41) is 8.72. The van der Waals surface area contributed by atoms with Crippen molar-refractivity contribution >= 4 is 12.0 Å². The summed E-state index contributed by atoms with van der Waals surface area (Å²) in [5.74, 6) is 0.316. The maximum absolute atomic E-state index is 12.4. The van der Waals surface area contributed by atoms with Crippen LogP contribution in [0.15, 0.2) is 0 Å². The van der Waals surface area contributed by atoms with Gasteiger partial charge < -0.3 is 14.5 Å². The van der Waals surface area contributed by atoms with Crippen molar-refractivity contribution in [2.24, 2.45) is 11.8 Å². The van der Waals surface area contributed by atoms with Gasteiger partial charge in [0.15, 0.2) is 0 Å². The Kier molecular flexibility index (Phi) is 7.16. The SMILES string of the molecule is CC(C)COC(=O)N1CCC(C(=O)N(C)[C@@H](C)CC#N)CC1. The Bertz CT molecular complexity index is 423. The molecule has 0 aromatic carbocycles. The van der Waals surface area contributed by atoms with Crippen LogP contribution in [0.2, 0.25) is 0 Å². The average Bonchev–Trinajstić information content (AvgIpc) is 2.51. The van der Waals surface area contributed by atoms with Gasteiger partial charge in [0.25, 0.3) is 0 Å². The summed E-state index contributed by atoms with van der Waals surface area (Å²) in [5.41, 5.74) is 0. The lowest BCUT2D eigenvalue weighted by Gasteiger charge is -2.34. The van der Waals surface area contributed by atoms with Crippen LogP contribution in [-0.4, -0.2) is 54.6 Å². The average molecular weight is 309 g/mol. The minimum absolute atomic E-state index is 0.0675. The minimum atomic E-state index is -0.286. The van der Waals surface area contributed by atoms with E-state index in [0.29, 0.717) is 44.9 Å². The highest BCUT2D eigenvalue weighted by Gasteiger charge is 2.30. The second-order valence-electron chi connectivity index (χ2n) is 6.39. The number of likely N-dealkylation sites (tertiary alicyclic amines) is 1. The first-order valence-corrected chi connectivity index (χ1v) is 7.92. The molecule has 0 aromatic rings. The van der Waals surface area contributed by atoms with Crippen LogP contribution >= 0.6 is 0 Å². The number of rotatable bonds is 5. The fraction of sp³-hybridized carbons (Fsp3) is 0.812. The summed E-state index contributed by atoms with van der Waals surface area (Å²) in [6, 6.07) is 2.01. The monoisotopic (exact) mass is 309 g/mol. The topological polar surface area (TPSA) is 73.6 Å². The van der Waals surface area contributed by atoms with Crippen molar-refractivity contribution < 1.29 is 14.3 Å².